The van der Waals surface area contributed by atoms with Crippen molar-refractivity contribution >= 4 is 34.6 Å². The minimum absolute atomic E-state index is 0.182. The number of anilines is 3. The molecular weight excluding hydrogens is 471 g/mol. The average molecular weight is 498 g/mol. The summed E-state index contributed by atoms with van der Waals surface area (Å²) in [7, 11) is 0. The van der Waals surface area contributed by atoms with E-state index in [9.17, 15) is 18.0 Å². The minimum Gasteiger partial charge on any atom is -0.399 e. The Kier molecular flexibility index (Phi) is 7.11. The molecule has 184 valence electrons. The second kappa shape index (κ2) is 9.89. The summed E-state index contributed by atoms with van der Waals surface area (Å²) in [5, 5.41) is 7.72. The molecule has 0 saturated carbocycles. The van der Waals surface area contributed by atoms with E-state index in [1.54, 1.807) is 24.3 Å². The van der Waals surface area contributed by atoms with E-state index in [1.807, 2.05) is 18.2 Å². The lowest BCUT2D eigenvalue weighted by Crippen LogP contribution is -2.45. The van der Waals surface area contributed by atoms with E-state index < -0.39 is 24.4 Å². The number of benzene rings is 2. The summed E-state index contributed by atoms with van der Waals surface area (Å²) in [6.45, 7) is 2.09. The number of ether oxygens (including phenoxy) is 1. The Labute approximate surface area is 200 Å². The molecule has 4 atom stereocenters. The molecule has 2 aliphatic heterocycles. The van der Waals surface area contributed by atoms with Crippen molar-refractivity contribution in [3.05, 3.63) is 53.1 Å². The van der Waals surface area contributed by atoms with Gasteiger partial charge in [0.2, 0.25) is 5.91 Å². The van der Waals surface area contributed by atoms with Crippen LogP contribution in [0.4, 0.5) is 30.2 Å². The molecule has 0 radical (unpaired) electrons. The molecule has 0 aromatic heterocycles. The van der Waals surface area contributed by atoms with Gasteiger partial charge in [-0.05, 0) is 49.2 Å². The number of halogens is 4. The maximum Gasteiger partial charge on any atom is 0.405 e. The molecule has 2 aromatic rings. The normalized spacial score (nSPS) is 24.1. The van der Waals surface area contributed by atoms with Gasteiger partial charge in [0.1, 0.15) is 18.9 Å². The maximum atomic E-state index is 13.3. The smallest absolute Gasteiger partial charge is 0.399 e. The van der Waals surface area contributed by atoms with Gasteiger partial charge in [0, 0.05) is 36.3 Å². The molecule has 0 spiro atoms. The number of alkyl halides is 3. The van der Waals surface area contributed by atoms with Crippen LogP contribution in [0, 0.1) is 0 Å². The van der Waals surface area contributed by atoms with E-state index in [-0.39, 0.29) is 30.0 Å². The van der Waals surface area contributed by atoms with Crippen LogP contribution in [-0.2, 0) is 9.53 Å². The van der Waals surface area contributed by atoms with Gasteiger partial charge >= 0.3 is 6.18 Å². The fraction of sp³-hybridized carbons (Fsp3) is 0.435. The zero-order valence-corrected chi connectivity index (χ0v) is 19.3. The number of carbonyl (C=O) groups is 1. The van der Waals surface area contributed by atoms with Gasteiger partial charge in [0.15, 0.2) is 0 Å². The molecule has 0 bridgehead atoms. The number of nitrogens with two attached hydrogens (primary N) is 1. The molecular formula is C23H27ClF3N5O2. The number of hydrogen-bond acceptors (Lipinski definition) is 6. The van der Waals surface area contributed by atoms with Gasteiger partial charge in [-0.2, -0.15) is 13.2 Å². The van der Waals surface area contributed by atoms with Crippen LogP contribution in [0.3, 0.4) is 0 Å². The second-order valence-electron chi connectivity index (χ2n) is 8.57. The largest absolute Gasteiger partial charge is 0.405 e. The molecule has 4 rings (SSSR count). The predicted octanol–water partition coefficient (Wildman–Crippen LogP) is 4.01. The third-order valence-electron chi connectivity index (χ3n) is 6.17. The first-order valence-electron chi connectivity index (χ1n) is 11.0. The SMILES string of the molecule is CC1Nc2ccc(N)cc2C1CCNC(=O)COC1CC(C(F)(F)F)NN1c1ccccc1Cl. The summed E-state index contributed by atoms with van der Waals surface area (Å²) in [5.41, 5.74) is 11.5. The molecule has 0 aliphatic carbocycles. The van der Waals surface area contributed by atoms with Crippen molar-refractivity contribution in [3.8, 4) is 0 Å². The molecule has 5 N–H and O–H groups in total. The standard InChI is InChI=1S/C23H27ClF3N5O2/c1-13-15(16-10-14(28)6-7-18(16)30-13)8-9-29-21(33)12-34-22-11-20(23(25,26)27)31-32(22)19-5-3-2-4-17(19)24/h2-7,10,13,15,20,22,30-31H,8-9,11-12,28H2,1H3,(H,29,33). The number of hydrogen-bond donors (Lipinski definition) is 4. The number of amides is 1. The van der Waals surface area contributed by atoms with Crippen molar-refractivity contribution in [3.63, 3.8) is 0 Å². The number of rotatable bonds is 7. The Morgan fingerprint density at radius 3 is 2.79 bits per heavy atom. The average Bonchev–Trinajstić information content (AvgIpc) is 3.34. The summed E-state index contributed by atoms with van der Waals surface area (Å²) < 4.78 is 45.6. The predicted molar refractivity (Wildman–Crippen MR) is 126 cm³/mol. The monoisotopic (exact) mass is 497 g/mol. The molecule has 1 fully saturated rings. The molecule has 34 heavy (non-hydrogen) atoms. The van der Waals surface area contributed by atoms with E-state index >= 15 is 0 Å². The van der Waals surface area contributed by atoms with E-state index in [2.05, 4.69) is 23.0 Å². The highest BCUT2D eigenvalue weighted by molar-refractivity contribution is 6.33. The number of nitrogen functional groups attached to an aromatic ring is 1. The quantitative estimate of drug-likeness (QED) is 0.432. The van der Waals surface area contributed by atoms with Crippen molar-refractivity contribution in [2.24, 2.45) is 0 Å². The van der Waals surface area contributed by atoms with Crippen molar-refractivity contribution in [2.75, 3.05) is 29.2 Å². The molecule has 2 aliphatic rings. The van der Waals surface area contributed by atoms with Crippen molar-refractivity contribution in [2.45, 2.75) is 50.2 Å². The lowest BCUT2D eigenvalue weighted by atomic mass is 9.92. The number of carbonyl (C=O) groups excluding carboxylic acids is 1. The molecule has 2 heterocycles. The summed E-state index contributed by atoms with van der Waals surface area (Å²) >= 11 is 6.17. The number of nitrogens with one attached hydrogen (secondary N) is 3. The zero-order valence-electron chi connectivity index (χ0n) is 18.5. The highest BCUT2D eigenvalue weighted by Crippen LogP contribution is 2.39. The van der Waals surface area contributed by atoms with E-state index in [4.69, 9.17) is 22.1 Å². The highest BCUT2D eigenvalue weighted by Gasteiger charge is 2.48. The van der Waals surface area contributed by atoms with E-state index in [1.165, 1.54) is 5.01 Å². The van der Waals surface area contributed by atoms with Crippen LogP contribution in [0.15, 0.2) is 42.5 Å². The molecule has 11 heteroatoms. The molecule has 4 unspecified atom stereocenters. The number of para-hydroxylation sites is 1. The first-order chi connectivity index (χ1) is 16.1. The first kappa shape index (κ1) is 24.4. The Balaban J connectivity index is 1.32. The van der Waals surface area contributed by atoms with Crippen LogP contribution < -0.4 is 26.8 Å². The number of nitrogens with zero attached hydrogens (tertiary/aromatic N) is 1. The Hall–Kier alpha value is -2.69. The van der Waals surface area contributed by atoms with E-state index in [0.29, 0.717) is 24.3 Å². The van der Waals surface area contributed by atoms with Crippen molar-refractivity contribution < 1.29 is 22.7 Å². The van der Waals surface area contributed by atoms with Gasteiger partial charge in [0.05, 0.1) is 10.7 Å². The lowest BCUT2D eigenvalue weighted by Gasteiger charge is -2.27. The van der Waals surface area contributed by atoms with Gasteiger partial charge in [-0.1, -0.05) is 23.7 Å². The lowest BCUT2D eigenvalue weighted by molar-refractivity contribution is -0.153. The topological polar surface area (TPSA) is 91.7 Å². The molecule has 1 amide bonds. The maximum absolute atomic E-state index is 13.3. The zero-order chi connectivity index (χ0) is 24.5. The van der Waals surface area contributed by atoms with Crippen LogP contribution in [0.5, 0.6) is 0 Å². The second-order valence-corrected chi connectivity index (χ2v) is 8.98. The Morgan fingerprint density at radius 1 is 1.29 bits per heavy atom. The molecule has 2 aromatic carbocycles. The Morgan fingerprint density at radius 2 is 2.06 bits per heavy atom. The van der Waals surface area contributed by atoms with Crippen LogP contribution in [0.1, 0.15) is 31.2 Å². The van der Waals surface area contributed by atoms with Crippen LogP contribution in [0.2, 0.25) is 5.02 Å². The van der Waals surface area contributed by atoms with Gasteiger partial charge < -0.3 is 21.1 Å². The van der Waals surface area contributed by atoms with Crippen LogP contribution in [0.25, 0.3) is 0 Å². The minimum atomic E-state index is -4.47. The van der Waals surface area contributed by atoms with Crippen LogP contribution in [-0.4, -0.2) is 43.5 Å². The summed E-state index contributed by atoms with van der Waals surface area (Å²) in [6.07, 6.45) is -5.16. The molecule has 7 nitrogen and oxygen atoms in total. The van der Waals surface area contributed by atoms with Crippen molar-refractivity contribution in [1.29, 1.82) is 0 Å². The van der Waals surface area contributed by atoms with Crippen LogP contribution >= 0.6 is 11.6 Å². The molecule has 1 saturated heterocycles. The van der Waals surface area contributed by atoms with Crippen molar-refractivity contribution in [1.82, 2.24) is 10.7 Å². The fourth-order valence-corrected chi connectivity index (χ4v) is 4.69. The van der Waals surface area contributed by atoms with Gasteiger partial charge in [-0.3, -0.25) is 9.80 Å². The first-order valence-corrected chi connectivity index (χ1v) is 11.4. The summed E-state index contributed by atoms with van der Waals surface area (Å²) in [4.78, 5) is 12.4. The van der Waals surface area contributed by atoms with E-state index in [0.717, 1.165) is 11.3 Å². The van der Waals surface area contributed by atoms with Gasteiger partial charge in [-0.15, -0.1) is 0 Å². The van der Waals surface area contributed by atoms with Gasteiger partial charge in [0.25, 0.3) is 0 Å². The third kappa shape index (κ3) is 5.34. The highest BCUT2D eigenvalue weighted by atomic mass is 35.5. The van der Waals surface area contributed by atoms with Gasteiger partial charge in [-0.25, -0.2) is 5.43 Å². The number of hydrazine groups is 1. The number of fused-ring (bicyclic) bond motifs is 1. The summed E-state index contributed by atoms with van der Waals surface area (Å²) in [6, 6.07) is 10.6. The summed E-state index contributed by atoms with van der Waals surface area (Å²) in [5.74, 6) is -0.219. The Bertz CT molecular complexity index is 1040. The fourth-order valence-electron chi connectivity index (χ4n) is 4.46. The third-order valence-corrected chi connectivity index (χ3v) is 6.49.